The molecule has 8 nitrogen and oxygen atoms in total. The van der Waals surface area contributed by atoms with Crippen molar-refractivity contribution in [3.05, 3.63) is 29.7 Å². The van der Waals surface area contributed by atoms with E-state index in [0.717, 1.165) is 12.0 Å². The maximum absolute atomic E-state index is 12.2. The van der Waals surface area contributed by atoms with Crippen molar-refractivity contribution in [3.63, 3.8) is 0 Å². The van der Waals surface area contributed by atoms with Crippen molar-refractivity contribution in [1.29, 1.82) is 0 Å². The standard InChI is InChI=1S/C13H19N5O2.C6H10F2.C2H6O/c1-13(2,3)20-12(19)15-7-10-8-18-11(17-10)4-9(5-14)6-16-18;7-6(8)4-2-1-3-5-6;1-3-2/h4,6,8H,5,7,14H2,1-3H3,(H,15,19);1-5H2;1-2H3. The van der Waals surface area contributed by atoms with Gasteiger partial charge >= 0.3 is 6.09 Å². The average Bonchev–Trinajstić information content (AvgIpc) is 3.08. The summed E-state index contributed by atoms with van der Waals surface area (Å²) in [4.78, 5) is 15.9. The summed E-state index contributed by atoms with van der Waals surface area (Å²) in [5.41, 5.74) is 7.36. The van der Waals surface area contributed by atoms with E-state index >= 15 is 0 Å². The number of alkyl halides is 2. The number of ether oxygens (including phenoxy) is 2. The highest BCUT2D eigenvalue weighted by Crippen LogP contribution is 2.32. The molecule has 0 atom stereocenters. The number of nitrogens with zero attached hydrogens (tertiary/aromatic N) is 3. The Hall–Kier alpha value is -2.33. The van der Waals surface area contributed by atoms with Gasteiger partial charge in [0.1, 0.15) is 5.60 Å². The number of halogens is 2. The minimum absolute atomic E-state index is 0.118. The zero-order chi connectivity index (χ0) is 23.5. The molecule has 2 heterocycles. The fourth-order valence-electron chi connectivity index (χ4n) is 2.71. The highest BCUT2D eigenvalue weighted by Gasteiger charge is 2.30. The molecule has 0 saturated heterocycles. The van der Waals surface area contributed by atoms with Crippen molar-refractivity contribution in [2.45, 2.75) is 77.5 Å². The number of rotatable bonds is 3. The number of methoxy groups -OCH3 is 1. The maximum Gasteiger partial charge on any atom is 0.407 e. The van der Waals surface area contributed by atoms with Crippen LogP contribution in [-0.2, 0) is 22.6 Å². The summed E-state index contributed by atoms with van der Waals surface area (Å²) in [6, 6.07) is 1.87. The predicted octanol–water partition coefficient (Wildman–Crippen LogP) is 4.06. The molecular formula is C21H35F2N5O3. The van der Waals surface area contributed by atoms with Crippen LogP contribution in [-0.4, -0.2) is 46.4 Å². The molecule has 3 N–H and O–H groups in total. The van der Waals surface area contributed by atoms with E-state index < -0.39 is 17.6 Å². The molecule has 0 bridgehead atoms. The number of alkyl carbamates (subject to hydrolysis) is 1. The van der Waals surface area contributed by atoms with Gasteiger partial charge < -0.3 is 20.5 Å². The molecule has 0 unspecified atom stereocenters. The Kier molecular flexibility index (Phi) is 10.8. The number of imidazole rings is 1. The lowest BCUT2D eigenvalue weighted by Gasteiger charge is -2.20. The lowest BCUT2D eigenvalue weighted by molar-refractivity contribution is -0.0337. The molecule has 1 aliphatic carbocycles. The van der Waals surface area contributed by atoms with E-state index in [4.69, 9.17) is 10.5 Å². The number of fused-ring (bicyclic) bond motifs is 1. The Labute approximate surface area is 182 Å². The molecule has 3 rings (SSSR count). The highest BCUT2D eigenvalue weighted by molar-refractivity contribution is 5.67. The van der Waals surface area contributed by atoms with Crippen LogP contribution in [0.15, 0.2) is 18.5 Å². The second kappa shape index (κ2) is 12.5. The Balaban J connectivity index is 0.000000361. The molecule has 0 aromatic carbocycles. The quantitative estimate of drug-likeness (QED) is 0.741. The summed E-state index contributed by atoms with van der Waals surface area (Å²) in [6.45, 7) is 6.15. The van der Waals surface area contributed by atoms with Crippen LogP contribution in [0.3, 0.4) is 0 Å². The number of amides is 1. The molecule has 31 heavy (non-hydrogen) atoms. The van der Waals surface area contributed by atoms with Crippen molar-refractivity contribution in [3.8, 4) is 0 Å². The van der Waals surface area contributed by atoms with Crippen LogP contribution in [0.4, 0.5) is 13.6 Å². The molecule has 1 saturated carbocycles. The molecular weight excluding hydrogens is 408 g/mol. The summed E-state index contributed by atoms with van der Waals surface area (Å²) in [5, 5.41) is 6.84. The summed E-state index contributed by atoms with van der Waals surface area (Å²) < 4.78 is 35.5. The van der Waals surface area contributed by atoms with E-state index in [-0.39, 0.29) is 19.4 Å². The van der Waals surface area contributed by atoms with Crippen molar-refractivity contribution in [1.82, 2.24) is 19.9 Å². The Bertz CT molecular complexity index is 798. The fourth-order valence-corrected chi connectivity index (χ4v) is 2.71. The van der Waals surface area contributed by atoms with Crippen LogP contribution < -0.4 is 11.1 Å². The maximum atomic E-state index is 12.2. The van der Waals surface area contributed by atoms with E-state index in [2.05, 4.69) is 20.1 Å². The van der Waals surface area contributed by atoms with Crippen molar-refractivity contribution in [2.24, 2.45) is 5.73 Å². The molecule has 1 aliphatic rings. The van der Waals surface area contributed by atoms with Gasteiger partial charge in [0.25, 0.3) is 0 Å². The first-order valence-corrected chi connectivity index (χ1v) is 10.3. The van der Waals surface area contributed by atoms with Crippen molar-refractivity contribution >= 4 is 11.7 Å². The van der Waals surface area contributed by atoms with E-state index in [1.54, 1.807) is 31.1 Å². The molecule has 0 aliphatic heterocycles. The number of nitrogens with two attached hydrogens (primary N) is 1. The molecule has 10 heteroatoms. The molecule has 176 valence electrons. The lowest BCUT2D eigenvalue weighted by Crippen LogP contribution is -2.32. The summed E-state index contributed by atoms with van der Waals surface area (Å²) >= 11 is 0. The molecule has 1 amide bonds. The largest absolute Gasteiger partial charge is 0.444 e. The highest BCUT2D eigenvalue weighted by atomic mass is 19.3. The third kappa shape index (κ3) is 11.0. The minimum Gasteiger partial charge on any atom is -0.444 e. The molecule has 0 radical (unpaired) electrons. The van der Waals surface area contributed by atoms with Crippen molar-refractivity contribution in [2.75, 3.05) is 14.2 Å². The van der Waals surface area contributed by atoms with Crippen LogP contribution >= 0.6 is 0 Å². The Morgan fingerprint density at radius 1 is 1.26 bits per heavy atom. The second-order valence-electron chi connectivity index (χ2n) is 8.28. The van der Waals surface area contributed by atoms with Gasteiger partial charge in [-0.2, -0.15) is 5.10 Å². The minimum atomic E-state index is -2.32. The summed E-state index contributed by atoms with van der Waals surface area (Å²) in [5.74, 6) is -2.32. The first-order valence-electron chi connectivity index (χ1n) is 10.3. The van der Waals surface area contributed by atoms with Gasteiger partial charge in [-0.15, -0.1) is 0 Å². The molecule has 2 aromatic rings. The van der Waals surface area contributed by atoms with E-state index in [9.17, 15) is 13.6 Å². The zero-order valence-electron chi connectivity index (χ0n) is 19.1. The fraction of sp³-hybridized carbons (Fsp3) is 0.667. The SMILES string of the molecule is CC(C)(C)OC(=O)NCc1cn2ncc(CN)cc2n1.COC.FC1(F)CCCCC1. The van der Waals surface area contributed by atoms with Gasteiger partial charge in [-0.25, -0.2) is 23.1 Å². The van der Waals surface area contributed by atoms with Gasteiger partial charge in [0.05, 0.1) is 24.6 Å². The normalized spacial score (nSPS) is 15.2. The number of aromatic nitrogens is 3. The van der Waals surface area contributed by atoms with Crippen LogP contribution in [0.5, 0.6) is 0 Å². The lowest BCUT2D eigenvalue weighted by atomic mass is 9.97. The number of carbonyl (C=O) groups is 1. The van der Waals surface area contributed by atoms with Gasteiger partial charge in [-0.1, -0.05) is 6.42 Å². The van der Waals surface area contributed by atoms with Crippen LogP contribution in [0.2, 0.25) is 0 Å². The number of hydrogen-bond donors (Lipinski definition) is 2. The second-order valence-corrected chi connectivity index (χ2v) is 8.28. The van der Waals surface area contributed by atoms with Gasteiger partial charge in [-0.3, -0.25) is 0 Å². The number of nitrogens with one attached hydrogen (secondary N) is 1. The van der Waals surface area contributed by atoms with Gasteiger partial charge in [-0.05, 0) is 45.2 Å². The summed E-state index contributed by atoms with van der Waals surface area (Å²) in [7, 11) is 3.25. The van der Waals surface area contributed by atoms with Gasteiger partial charge in [0.2, 0.25) is 5.92 Å². The molecule has 0 spiro atoms. The smallest absolute Gasteiger partial charge is 0.407 e. The van der Waals surface area contributed by atoms with E-state index in [1.165, 1.54) is 0 Å². The van der Waals surface area contributed by atoms with Gasteiger partial charge in [0.15, 0.2) is 5.65 Å². The monoisotopic (exact) mass is 443 g/mol. The van der Waals surface area contributed by atoms with Crippen LogP contribution in [0.1, 0.15) is 64.1 Å². The van der Waals surface area contributed by atoms with Crippen molar-refractivity contribution < 1.29 is 23.0 Å². The molecule has 2 aromatic heterocycles. The van der Waals surface area contributed by atoms with E-state index in [0.29, 0.717) is 30.7 Å². The van der Waals surface area contributed by atoms with Crippen LogP contribution in [0, 0.1) is 0 Å². The number of carbonyl (C=O) groups excluding carboxylic acids is 1. The summed E-state index contributed by atoms with van der Waals surface area (Å²) in [6.07, 6.45) is 5.65. The van der Waals surface area contributed by atoms with E-state index in [1.807, 2.05) is 26.8 Å². The zero-order valence-corrected chi connectivity index (χ0v) is 19.1. The van der Waals surface area contributed by atoms with Gasteiger partial charge in [0, 0.05) is 33.6 Å². The number of hydrogen-bond acceptors (Lipinski definition) is 6. The molecule has 1 fully saturated rings. The third-order valence-corrected chi connectivity index (χ3v) is 4.06. The first kappa shape index (κ1) is 26.7. The average molecular weight is 444 g/mol. The third-order valence-electron chi connectivity index (χ3n) is 4.06. The predicted molar refractivity (Wildman–Crippen MR) is 115 cm³/mol. The Morgan fingerprint density at radius 2 is 1.87 bits per heavy atom. The Morgan fingerprint density at radius 3 is 2.35 bits per heavy atom. The van der Waals surface area contributed by atoms with Crippen LogP contribution in [0.25, 0.3) is 5.65 Å². The first-order chi connectivity index (χ1) is 14.5. The topological polar surface area (TPSA) is 104 Å².